The molecular weight excluding hydrogens is 314 g/mol. The number of nitrogens with zero attached hydrogens (tertiary/aromatic N) is 1. The Labute approximate surface area is 139 Å². The normalized spacial score (nSPS) is 22.1. The number of hydrogen-bond donors (Lipinski definition) is 2. The molecule has 4 amide bonds. The molecule has 24 heavy (non-hydrogen) atoms. The second-order valence-corrected chi connectivity index (χ2v) is 6.24. The van der Waals surface area contributed by atoms with Crippen molar-refractivity contribution in [1.29, 1.82) is 0 Å². The zero-order valence-corrected chi connectivity index (χ0v) is 13.7. The number of nitrogens with one attached hydrogen (secondary N) is 2. The first-order valence-electron chi connectivity index (χ1n) is 7.65. The van der Waals surface area contributed by atoms with Crippen molar-refractivity contribution in [2.45, 2.75) is 32.4 Å². The Morgan fingerprint density at radius 2 is 2.04 bits per heavy atom. The number of ether oxygens (including phenoxy) is 2. The summed E-state index contributed by atoms with van der Waals surface area (Å²) >= 11 is 0. The first-order valence-corrected chi connectivity index (χ1v) is 7.65. The number of benzene rings is 1. The van der Waals surface area contributed by atoms with Crippen LogP contribution in [0.15, 0.2) is 18.2 Å². The average Bonchev–Trinajstić information content (AvgIpc) is 3.05. The maximum atomic E-state index is 12.8. The highest BCUT2D eigenvalue weighted by Gasteiger charge is 2.49. The highest BCUT2D eigenvalue weighted by atomic mass is 16.7. The Kier molecular flexibility index (Phi) is 3.82. The molecule has 2 N–H and O–H groups in total. The summed E-state index contributed by atoms with van der Waals surface area (Å²) in [6.07, 6.45) is 0. The fraction of sp³-hybridized carbons (Fsp3) is 0.438. The van der Waals surface area contributed by atoms with E-state index >= 15 is 0 Å². The molecule has 2 aliphatic heterocycles. The van der Waals surface area contributed by atoms with Gasteiger partial charge < -0.3 is 20.1 Å². The molecule has 0 unspecified atom stereocenters. The monoisotopic (exact) mass is 333 g/mol. The SMILES string of the molecule is CC(C)NC(=O)CN1C(=O)N[C@@](C)(c2ccc3c(c2)OCO3)C1=O. The van der Waals surface area contributed by atoms with E-state index in [2.05, 4.69) is 10.6 Å². The number of amides is 4. The van der Waals surface area contributed by atoms with Crippen LogP contribution in [0.5, 0.6) is 11.5 Å². The third-order valence-electron chi connectivity index (χ3n) is 3.98. The van der Waals surface area contributed by atoms with E-state index in [0.29, 0.717) is 17.1 Å². The number of urea groups is 1. The minimum absolute atomic E-state index is 0.0708. The Morgan fingerprint density at radius 1 is 1.33 bits per heavy atom. The van der Waals surface area contributed by atoms with Crippen molar-refractivity contribution in [2.24, 2.45) is 0 Å². The average molecular weight is 333 g/mol. The summed E-state index contributed by atoms with van der Waals surface area (Å²) in [5.41, 5.74) is -0.687. The van der Waals surface area contributed by atoms with E-state index in [4.69, 9.17) is 9.47 Å². The quantitative estimate of drug-likeness (QED) is 0.791. The molecule has 1 aromatic rings. The summed E-state index contributed by atoms with van der Waals surface area (Å²) in [4.78, 5) is 37.7. The third-order valence-corrected chi connectivity index (χ3v) is 3.98. The van der Waals surface area contributed by atoms with Crippen LogP contribution in [0.4, 0.5) is 4.79 Å². The predicted molar refractivity (Wildman–Crippen MR) is 83.4 cm³/mol. The van der Waals surface area contributed by atoms with Gasteiger partial charge in [0.1, 0.15) is 12.1 Å². The molecule has 0 aliphatic carbocycles. The van der Waals surface area contributed by atoms with Crippen LogP contribution in [0, 0.1) is 0 Å². The van der Waals surface area contributed by atoms with Gasteiger partial charge in [-0.1, -0.05) is 6.07 Å². The standard InChI is InChI=1S/C16H19N3O5/c1-9(2)17-13(20)7-19-14(21)16(3,18-15(19)22)10-4-5-11-12(6-10)24-8-23-11/h4-6,9H,7-8H2,1-3H3,(H,17,20)(H,18,22)/t16-/m0/s1. The minimum Gasteiger partial charge on any atom is -0.454 e. The van der Waals surface area contributed by atoms with E-state index in [1.165, 1.54) is 0 Å². The van der Waals surface area contributed by atoms with Crippen molar-refractivity contribution >= 4 is 17.8 Å². The van der Waals surface area contributed by atoms with Crippen LogP contribution in [-0.2, 0) is 15.1 Å². The molecule has 0 saturated carbocycles. The minimum atomic E-state index is -1.25. The smallest absolute Gasteiger partial charge is 0.325 e. The van der Waals surface area contributed by atoms with Crippen LogP contribution in [0.1, 0.15) is 26.3 Å². The molecule has 8 heteroatoms. The lowest BCUT2D eigenvalue weighted by molar-refractivity contribution is -0.135. The first-order chi connectivity index (χ1) is 11.3. The van der Waals surface area contributed by atoms with Crippen molar-refractivity contribution in [3.8, 4) is 11.5 Å². The maximum Gasteiger partial charge on any atom is 0.325 e. The van der Waals surface area contributed by atoms with Crippen molar-refractivity contribution in [1.82, 2.24) is 15.5 Å². The van der Waals surface area contributed by atoms with Gasteiger partial charge in [0.25, 0.3) is 5.91 Å². The van der Waals surface area contributed by atoms with Crippen molar-refractivity contribution in [2.75, 3.05) is 13.3 Å². The predicted octanol–water partition coefficient (Wildman–Crippen LogP) is 0.707. The zero-order chi connectivity index (χ0) is 17.5. The van der Waals surface area contributed by atoms with E-state index in [1.807, 2.05) is 0 Å². The van der Waals surface area contributed by atoms with Crippen LogP contribution < -0.4 is 20.1 Å². The van der Waals surface area contributed by atoms with Gasteiger partial charge in [-0.3, -0.25) is 14.5 Å². The van der Waals surface area contributed by atoms with E-state index < -0.39 is 17.5 Å². The van der Waals surface area contributed by atoms with Crippen molar-refractivity contribution in [3.63, 3.8) is 0 Å². The molecule has 1 fully saturated rings. The molecule has 1 atom stereocenters. The number of rotatable bonds is 4. The Morgan fingerprint density at radius 3 is 2.75 bits per heavy atom. The molecule has 8 nitrogen and oxygen atoms in total. The molecule has 128 valence electrons. The van der Waals surface area contributed by atoms with Gasteiger partial charge >= 0.3 is 6.03 Å². The van der Waals surface area contributed by atoms with E-state index in [0.717, 1.165) is 4.90 Å². The topological polar surface area (TPSA) is 97.0 Å². The molecule has 0 radical (unpaired) electrons. The Bertz CT molecular complexity index is 718. The lowest BCUT2D eigenvalue weighted by atomic mass is 9.91. The van der Waals surface area contributed by atoms with Crippen LogP contribution >= 0.6 is 0 Å². The van der Waals surface area contributed by atoms with Crippen molar-refractivity contribution in [3.05, 3.63) is 23.8 Å². The van der Waals surface area contributed by atoms with E-state index in [1.54, 1.807) is 39.0 Å². The van der Waals surface area contributed by atoms with Gasteiger partial charge in [-0.2, -0.15) is 0 Å². The number of hydrogen-bond acceptors (Lipinski definition) is 5. The molecule has 1 saturated heterocycles. The Hall–Kier alpha value is -2.77. The largest absolute Gasteiger partial charge is 0.454 e. The third kappa shape index (κ3) is 2.64. The second-order valence-electron chi connectivity index (χ2n) is 6.24. The summed E-state index contributed by atoms with van der Waals surface area (Å²) in [5, 5.41) is 5.32. The van der Waals surface area contributed by atoms with E-state index in [-0.39, 0.29) is 25.3 Å². The molecule has 0 aromatic heterocycles. The highest BCUT2D eigenvalue weighted by molar-refractivity contribution is 6.09. The number of carbonyl (C=O) groups excluding carboxylic acids is 3. The van der Waals surface area contributed by atoms with Gasteiger partial charge in [0, 0.05) is 6.04 Å². The Balaban J connectivity index is 1.83. The van der Waals surface area contributed by atoms with Gasteiger partial charge in [0.15, 0.2) is 11.5 Å². The van der Waals surface area contributed by atoms with Gasteiger partial charge in [-0.05, 0) is 38.5 Å². The molecule has 2 heterocycles. The first kappa shape index (κ1) is 16.1. The van der Waals surface area contributed by atoms with Gasteiger partial charge in [0.2, 0.25) is 12.7 Å². The second kappa shape index (κ2) is 5.70. The van der Waals surface area contributed by atoms with Gasteiger partial charge in [-0.25, -0.2) is 4.79 Å². The molecular formula is C16H19N3O5. The molecule has 1 aromatic carbocycles. The van der Waals surface area contributed by atoms with Gasteiger partial charge in [-0.15, -0.1) is 0 Å². The highest BCUT2D eigenvalue weighted by Crippen LogP contribution is 2.37. The van der Waals surface area contributed by atoms with E-state index in [9.17, 15) is 14.4 Å². The molecule has 0 spiro atoms. The summed E-state index contributed by atoms with van der Waals surface area (Å²) in [5.74, 6) is 0.243. The molecule has 3 rings (SSSR count). The summed E-state index contributed by atoms with van der Waals surface area (Å²) < 4.78 is 10.6. The number of carbonyl (C=O) groups is 3. The zero-order valence-electron chi connectivity index (χ0n) is 13.7. The van der Waals surface area contributed by atoms with Crippen molar-refractivity contribution < 1.29 is 23.9 Å². The molecule has 0 bridgehead atoms. The summed E-state index contributed by atoms with van der Waals surface area (Å²) in [6, 6.07) is 4.38. The van der Waals surface area contributed by atoms with Crippen LogP contribution in [0.3, 0.4) is 0 Å². The summed E-state index contributed by atoms with van der Waals surface area (Å²) in [7, 11) is 0. The van der Waals surface area contributed by atoms with Crippen LogP contribution in [0.2, 0.25) is 0 Å². The van der Waals surface area contributed by atoms with Crippen LogP contribution in [0.25, 0.3) is 0 Å². The number of fused-ring (bicyclic) bond motifs is 1. The molecule has 2 aliphatic rings. The fourth-order valence-corrected chi connectivity index (χ4v) is 2.75. The van der Waals surface area contributed by atoms with Gasteiger partial charge in [0.05, 0.1) is 0 Å². The summed E-state index contributed by atoms with van der Waals surface area (Å²) in [6.45, 7) is 5.02. The lowest BCUT2D eigenvalue weighted by Gasteiger charge is -2.22. The van der Waals surface area contributed by atoms with Crippen LogP contribution in [-0.4, -0.2) is 42.1 Å². The fourth-order valence-electron chi connectivity index (χ4n) is 2.75. The lowest BCUT2D eigenvalue weighted by Crippen LogP contribution is -2.44. The number of imide groups is 1. The maximum absolute atomic E-state index is 12.8.